The third kappa shape index (κ3) is 5.86. The summed E-state index contributed by atoms with van der Waals surface area (Å²) in [6.45, 7) is 4.54. The lowest BCUT2D eigenvalue weighted by molar-refractivity contribution is -0.122. The fourth-order valence-corrected chi connectivity index (χ4v) is 3.64. The number of nitrogens with one attached hydrogen (secondary N) is 3. The molecule has 0 fully saturated rings. The highest BCUT2D eigenvalue weighted by atomic mass is 32.2. The second kappa shape index (κ2) is 8.94. The van der Waals surface area contributed by atoms with Gasteiger partial charge in [0.25, 0.3) is 0 Å². The number of halogens is 1. The first-order chi connectivity index (χ1) is 13.1. The van der Waals surface area contributed by atoms with Crippen LogP contribution in [-0.2, 0) is 26.2 Å². The van der Waals surface area contributed by atoms with Gasteiger partial charge in [-0.25, -0.2) is 12.8 Å². The molecule has 0 heterocycles. The summed E-state index contributed by atoms with van der Waals surface area (Å²) in [5.41, 5.74) is 1.63. The molecule has 0 aromatic heterocycles. The van der Waals surface area contributed by atoms with E-state index < -0.39 is 22.0 Å². The number of sulfonamides is 1. The summed E-state index contributed by atoms with van der Waals surface area (Å²) in [6, 6.07) is 9.04. The van der Waals surface area contributed by atoms with E-state index in [9.17, 15) is 22.4 Å². The smallest absolute Gasteiger partial charge is 0.241 e. The number of benzene rings is 2. The van der Waals surface area contributed by atoms with Crippen molar-refractivity contribution in [1.82, 2.24) is 10.0 Å². The number of rotatable bonds is 7. The maximum absolute atomic E-state index is 13.3. The molecule has 7 nitrogen and oxygen atoms in total. The van der Waals surface area contributed by atoms with Crippen molar-refractivity contribution in [1.29, 1.82) is 0 Å². The Labute approximate surface area is 163 Å². The summed E-state index contributed by atoms with van der Waals surface area (Å²) >= 11 is 0. The predicted octanol–water partition coefficient (Wildman–Crippen LogP) is 2.08. The fourth-order valence-electron chi connectivity index (χ4n) is 2.43. The Morgan fingerprint density at radius 2 is 1.75 bits per heavy atom. The molecule has 3 N–H and O–H groups in total. The average molecular weight is 407 g/mol. The number of carbonyl (C=O) groups is 2. The summed E-state index contributed by atoms with van der Waals surface area (Å²) in [5, 5.41) is 5.15. The minimum absolute atomic E-state index is 0.0320. The minimum Gasteiger partial charge on any atom is -0.351 e. The van der Waals surface area contributed by atoms with Crippen molar-refractivity contribution in [2.45, 2.75) is 38.3 Å². The highest BCUT2D eigenvalue weighted by Crippen LogP contribution is 2.14. The molecule has 0 aliphatic rings. The molecule has 0 aliphatic heterocycles. The summed E-state index contributed by atoms with van der Waals surface area (Å²) in [7, 11) is -3.92. The van der Waals surface area contributed by atoms with Gasteiger partial charge in [-0.1, -0.05) is 12.1 Å². The normalized spacial score (nSPS) is 12.3. The second-order valence-corrected chi connectivity index (χ2v) is 8.06. The average Bonchev–Trinajstić information content (AvgIpc) is 2.62. The molecule has 0 aliphatic carbocycles. The highest BCUT2D eigenvalue weighted by molar-refractivity contribution is 7.89. The second-order valence-electron chi connectivity index (χ2n) is 6.35. The van der Waals surface area contributed by atoms with Crippen LogP contribution in [0.4, 0.5) is 10.1 Å². The summed E-state index contributed by atoms with van der Waals surface area (Å²) < 4.78 is 40.4. The van der Waals surface area contributed by atoms with Crippen LogP contribution in [0.15, 0.2) is 47.4 Å². The van der Waals surface area contributed by atoms with Crippen LogP contribution in [0.25, 0.3) is 0 Å². The zero-order valence-corrected chi connectivity index (χ0v) is 16.6. The van der Waals surface area contributed by atoms with Crippen LogP contribution in [0.2, 0.25) is 0 Å². The number of hydrogen-bond acceptors (Lipinski definition) is 4. The first kappa shape index (κ1) is 21.5. The van der Waals surface area contributed by atoms with Crippen LogP contribution < -0.4 is 15.4 Å². The molecule has 2 amide bonds. The van der Waals surface area contributed by atoms with Crippen molar-refractivity contribution in [3.05, 3.63) is 59.4 Å². The Hall–Kier alpha value is -2.78. The van der Waals surface area contributed by atoms with E-state index in [1.165, 1.54) is 44.2 Å². The monoisotopic (exact) mass is 407 g/mol. The van der Waals surface area contributed by atoms with E-state index in [1.807, 2.05) is 0 Å². The minimum atomic E-state index is -3.92. The Balaban J connectivity index is 1.97. The highest BCUT2D eigenvalue weighted by Gasteiger charge is 2.22. The van der Waals surface area contributed by atoms with Crippen molar-refractivity contribution in [2.24, 2.45) is 0 Å². The Bertz CT molecular complexity index is 975. The van der Waals surface area contributed by atoms with Gasteiger partial charge in [-0.05, 0) is 55.3 Å². The molecule has 2 aromatic rings. The van der Waals surface area contributed by atoms with Gasteiger partial charge in [-0.3, -0.25) is 9.59 Å². The molecule has 0 spiro atoms. The van der Waals surface area contributed by atoms with Gasteiger partial charge < -0.3 is 10.6 Å². The van der Waals surface area contributed by atoms with Crippen LogP contribution >= 0.6 is 0 Å². The van der Waals surface area contributed by atoms with Gasteiger partial charge in [0.15, 0.2) is 0 Å². The summed E-state index contributed by atoms with van der Waals surface area (Å²) in [6.07, 6.45) is 0. The van der Waals surface area contributed by atoms with Gasteiger partial charge in [0.2, 0.25) is 21.8 Å². The van der Waals surface area contributed by atoms with Crippen molar-refractivity contribution in [2.75, 3.05) is 5.32 Å². The van der Waals surface area contributed by atoms with E-state index in [4.69, 9.17) is 0 Å². The van der Waals surface area contributed by atoms with E-state index >= 15 is 0 Å². The van der Waals surface area contributed by atoms with Crippen molar-refractivity contribution in [3.63, 3.8) is 0 Å². The van der Waals surface area contributed by atoms with Gasteiger partial charge in [0.05, 0.1) is 10.9 Å². The number of hydrogen-bond donors (Lipinski definition) is 3. The summed E-state index contributed by atoms with van der Waals surface area (Å²) in [4.78, 5) is 23.2. The molecule has 9 heteroatoms. The molecule has 1 atom stereocenters. The number of carbonyl (C=O) groups excluding carboxylic acids is 2. The van der Waals surface area contributed by atoms with Crippen LogP contribution in [0.1, 0.15) is 25.0 Å². The third-order valence-electron chi connectivity index (χ3n) is 3.90. The number of aryl methyl sites for hydroxylation is 1. The van der Waals surface area contributed by atoms with Gasteiger partial charge in [-0.15, -0.1) is 0 Å². The molecule has 28 heavy (non-hydrogen) atoms. The fraction of sp³-hybridized carbons (Fsp3) is 0.263. The van der Waals surface area contributed by atoms with E-state index in [0.29, 0.717) is 16.8 Å². The maximum atomic E-state index is 13.3. The molecule has 1 unspecified atom stereocenters. The molecule has 2 rings (SSSR count). The molecule has 0 saturated heterocycles. The zero-order valence-electron chi connectivity index (χ0n) is 15.7. The lowest BCUT2D eigenvalue weighted by Gasteiger charge is -2.15. The lowest BCUT2D eigenvalue weighted by atomic mass is 10.1. The van der Waals surface area contributed by atoms with E-state index in [1.54, 1.807) is 19.1 Å². The van der Waals surface area contributed by atoms with E-state index in [-0.39, 0.29) is 23.2 Å². The Morgan fingerprint density at radius 1 is 1.11 bits per heavy atom. The predicted molar refractivity (Wildman–Crippen MR) is 104 cm³/mol. The quantitative estimate of drug-likeness (QED) is 0.654. The van der Waals surface area contributed by atoms with Gasteiger partial charge in [0.1, 0.15) is 5.82 Å². The van der Waals surface area contributed by atoms with Gasteiger partial charge in [0, 0.05) is 19.2 Å². The number of amides is 2. The number of anilines is 1. The molecule has 150 valence electrons. The van der Waals surface area contributed by atoms with E-state index in [2.05, 4.69) is 15.4 Å². The lowest BCUT2D eigenvalue weighted by Crippen LogP contribution is -2.44. The first-order valence-corrected chi connectivity index (χ1v) is 9.99. The largest absolute Gasteiger partial charge is 0.351 e. The van der Waals surface area contributed by atoms with E-state index in [0.717, 1.165) is 0 Å². The molecular formula is C19H22FN3O4S. The van der Waals surface area contributed by atoms with Crippen molar-refractivity contribution < 1.29 is 22.4 Å². The first-order valence-electron chi connectivity index (χ1n) is 8.51. The van der Waals surface area contributed by atoms with Crippen LogP contribution in [0.3, 0.4) is 0 Å². The van der Waals surface area contributed by atoms with Crippen molar-refractivity contribution >= 4 is 27.5 Å². The summed E-state index contributed by atoms with van der Waals surface area (Å²) in [5.74, 6) is -1.11. The standard InChI is InChI=1S/C19H22FN3O4S/c1-12-10-15(4-9-18(12)20)11-21-19(25)13(2)23-28(26,27)17-7-5-16(6-8-17)22-14(3)24/h4-10,13,23H,11H2,1-3H3,(H,21,25)(H,22,24). The van der Waals surface area contributed by atoms with Gasteiger partial charge in [-0.2, -0.15) is 4.72 Å². The zero-order chi connectivity index (χ0) is 20.9. The van der Waals surface area contributed by atoms with Crippen molar-refractivity contribution in [3.8, 4) is 0 Å². The molecule has 2 aromatic carbocycles. The Morgan fingerprint density at radius 3 is 2.32 bits per heavy atom. The van der Waals surface area contributed by atoms with Crippen LogP contribution in [-0.4, -0.2) is 26.3 Å². The maximum Gasteiger partial charge on any atom is 0.241 e. The molecule has 0 radical (unpaired) electrons. The molecule has 0 bridgehead atoms. The van der Waals surface area contributed by atoms with Crippen LogP contribution in [0, 0.1) is 12.7 Å². The SMILES string of the molecule is CC(=O)Nc1ccc(S(=O)(=O)NC(C)C(=O)NCc2ccc(F)c(C)c2)cc1. The Kier molecular flexibility index (Phi) is 6.87. The van der Waals surface area contributed by atoms with Crippen LogP contribution in [0.5, 0.6) is 0 Å². The third-order valence-corrected chi connectivity index (χ3v) is 5.46. The molecule has 0 saturated carbocycles. The molecular weight excluding hydrogens is 385 g/mol. The topological polar surface area (TPSA) is 104 Å². The van der Waals surface area contributed by atoms with Gasteiger partial charge >= 0.3 is 0 Å².